The molecule has 1 atom stereocenters. The molecule has 0 aliphatic carbocycles. The summed E-state index contributed by atoms with van der Waals surface area (Å²) in [4.78, 5) is 13.7. The van der Waals surface area contributed by atoms with E-state index in [1.807, 2.05) is 0 Å². The Morgan fingerprint density at radius 2 is 1.86 bits per heavy atom. The van der Waals surface area contributed by atoms with Crippen LogP contribution in [-0.2, 0) is 0 Å². The van der Waals surface area contributed by atoms with Crippen LogP contribution in [0, 0.1) is 11.6 Å². The lowest BCUT2D eigenvalue weighted by atomic mass is 10.0. The van der Waals surface area contributed by atoms with E-state index in [0.717, 1.165) is 6.07 Å². The van der Waals surface area contributed by atoms with Crippen LogP contribution in [0.2, 0.25) is 0 Å². The maximum Gasteiger partial charge on any atom is 0.256 e. The average Bonchev–Trinajstić information content (AvgIpc) is 2.48. The van der Waals surface area contributed by atoms with Gasteiger partial charge in [-0.25, -0.2) is 8.78 Å². The number of benzene rings is 2. The summed E-state index contributed by atoms with van der Waals surface area (Å²) in [6, 6.07) is 9.33. The van der Waals surface area contributed by atoms with E-state index >= 15 is 0 Å². The lowest BCUT2D eigenvalue weighted by Crippen LogP contribution is -2.30. The SMILES string of the molecule is CC(c1ccccc1F)N(C)C(=O)c1cc(F)ccc1N. The molecule has 2 rings (SSSR count). The zero-order chi connectivity index (χ0) is 15.6. The summed E-state index contributed by atoms with van der Waals surface area (Å²) in [5.74, 6) is -1.39. The van der Waals surface area contributed by atoms with E-state index in [1.54, 1.807) is 25.1 Å². The third kappa shape index (κ3) is 3.02. The smallest absolute Gasteiger partial charge is 0.256 e. The van der Waals surface area contributed by atoms with Gasteiger partial charge in [0, 0.05) is 18.3 Å². The molecule has 2 N–H and O–H groups in total. The molecule has 0 bridgehead atoms. The number of carbonyl (C=O) groups excluding carboxylic acids is 1. The fraction of sp³-hybridized carbons (Fsp3) is 0.188. The van der Waals surface area contributed by atoms with E-state index in [1.165, 1.54) is 30.1 Å². The van der Waals surface area contributed by atoms with Crippen molar-refractivity contribution in [2.75, 3.05) is 12.8 Å². The fourth-order valence-electron chi connectivity index (χ4n) is 2.10. The van der Waals surface area contributed by atoms with Gasteiger partial charge in [-0.3, -0.25) is 4.79 Å². The molecule has 0 spiro atoms. The molecule has 2 aromatic carbocycles. The van der Waals surface area contributed by atoms with Crippen LogP contribution in [0.5, 0.6) is 0 Å². The number of rotatable bonds is 3. The molecule has 5 heteroatoms. The van der Waals surface area contributed by atoms with Gasteiger partial charge in [-0.1, -0.05) is 18.2 Å². The molecule has 0 aliphatic rings. The van der Waals surface area contributed by atoms with Crippen molar-refractivity contribution in [1.29, 1.82) is 0 Å². The van der Waals surface area contributed by atoms with Gasteiger partial charge in [0.05, 0.1) is 11.6 Å². The first-order valence-electron chi connectivity index (χ1n) is 6.48. The van der Waals surface area contributed by atoms with Crippen molar-refractivity contribution in [3.63, 3.8) is 0 Å². The largest absolute Gasteiger partial charge is 0.398 e. The highest BCUT2D eigenvalue weighted by Crippen LogP contribution is 2.25. The average molecular weight is 290 g/mol. The maximum atomic E-state index is 13.8. The molecular formula is C16H16F2N2O. The number of hydrogen-bond donors (Lipinski definition) is 1. The zero-order valence-corrected chi connectivity index (χ0v) is 11.8. The van der Waals surface area contributed by atoms with E-state index in [0.29, 0.717) is 5.56 Å². The lowest BCUT2D eigenvalue weighted by Gasteiger charge is -2.26. The van der Waals surface area contributed by atoms with Gasteiger partial charge in [0.2, 0.25) is 0 Å². The van der Waals surface area contributed by atoms with Gasteiger partial charge in [-0.05, 0) is 31.2 Å². The van der Waals surface area contributed by atoms with Crippen LogP contribution in [-0.4, -0.2) is 17.9 Å². The number of nitrogens with zero attached hydrogens (tertiary/aromatic N) is 1. The standard InChI is InChI=1S/C16H16F2N2O/c1-10(12-5-3-4-6-14(12)18)20(2)16(21)13-9-11(17)7-8-15(13)19/h3-10H,19H2,1-2H3. The molecule has 1 amide bonds. The van der Waals surface area contributed by atoms with Gasteiger partial charge < -0.3 is 10.6 Å². The monoisotopic (exact) mass is 290 g/mol. The summed E-state index contributed by atoms with van der Waals surface area (Å²) >= 11 is 0. The Balaban J connectivity index is 2.31. The second kappa shape index (κ2) is 5.91. The van der Waals surface area contributed by atoms with Gasteiger partial charge in [0.15, 0.2) is 0 Å². The minimum Gasteiger partial charge on any atom is -0.398 e. The van der Waals surface area contributed by atoms with Crippen molar-refractivity contribution in [3.8, 4) is 0 Å². The fourth-order valence-corrected chi connectivity index (χ4v) is 2.10. The minimum atomic E-state index is -0.542. The predicted octanol–water partition coefficient (Wildman–Crippen LogP) is 3.38. The van der Waals surface area contributed by atoms with Crippen molar-refractivity contribution in [2.45, 2.75) is 13.0 Å². The number of nitrogens with two attached hydrogens (primary N) is 1. The highest BCUT2D eigenvalue weighted by Gasteiger charge is 2.22. The normalized spacial score (nSPS) is 12.0. The van der Waals surface area contributed by atoms with Crippen LogP contribution in [0.25, 0.3) is 0 Å². The highest BCUT2D eigenvalue weighted by atomic mass is 19.1. The van der Waals surface area contributed by atoms with Crippen LogP contribution in [0.3, 0.4) is 0 Å². The van der Waals surface area contributed by atoms with Gasteiger partial charge in [0.25, 0.3) is 5.91 Å². The van der Waals surface area contributed by atoms with Crippen molar-refractivity contribution in [3.05, 3.63) is 65.2 Å². The Morgan fingerprint density at radius 3 is 2.52 bits per heavy atom. The maximum absolute atomic E-state index is 13.8. The molecule has 0 saturated carbocycles. The van der Waals surface area contributed by atoms with E-state index in [4.69, 9.17) is 5.73 Å². The summed E-state index contributed by atoms with van der Waals surface area (Å²) in [6.45, 7) is 1.70. The Labute approximate surface area is 122 Å². The molecule has 0 aliphatic heterocycles. The number of halogens is 2. The Kier molecular flexibility index (Phi) is 4.21. The predicted molar refractivity (Wildman–Crippen MR) is 77.7 cm³/mol. The van der Waals surface area contributed by atoms with Crippen molar-refractivity contribution in [1.82, 2.24) is 4.90 Å². The minimum absolute atomic E-state index is 0.0701. The first-order valence-corrected chi connectivity index (χ1v) is 6.48. The number of amides is 1. The zero-order valence-electron chi connectivity index (χ0n) is 11.8. The number of nitrogen functional groups attached to an aromatic ring is 1. The van der Waals surface area contributed by atoms with Crippen LogP contribution in [0.1, 0.15) is 28.9 Å². The number of hydrogen-bond acceptors (Lipinski definition) is 2. The van der Waals surface area contributed by atoms with Crippen LogP contribution >= 0.6 is 0 Å². The lowest BCUT2D eigenvalue weighted by molar-refractivity contribution is 0.0741. The van der Waals surface area contributed by atoms with Gasteiger partial charge >= 0.3 is 0 Å². The molecule has 0 fully saturated rings. The first kappa shape index (κ1) is 15.0. The molecule has 3 nitrogen and oxygen atoms in total. The summed E-state index contributed by atoms with van der Waals surface area (Å²) in [7, 11) is 1.53. The van der Waals surface area contributed by atoms with Gasteiger partial charge in [-0.15, -0.1) is 0 Å². The van der Waals surface area contributed by atoms with Gasteiger partial charge in [0.1, 0.15) is 11.6 Å². The molecule has 0 aromatic heterocycles. The molecule has 2 aromatic rings. The van der Waals surface area contributed by atoms with Crippen LogP contribution < -0.4 is 5.73 Å². The molecule has 21 heavy (non-hydrogen) atoms. The topological polar surface area (TPSA) is 46.3 Å². The Bertz CT molecular complexity index is 673. The van der Waals surface area contributed by atoms with Gasteiger partial charge in [-0.2, -0.15) is 0 Å². The molecule has 0 saturated heterocycles. The molecule has 110 valence electrons. The molecule has 0 heterocycles. The van der Waals surface area contributed by atoms with Crippen molar-refractivity contribution < 1.29 is 13.6 Å². The summed E-state index contributed by atoms with van der Waals surface area (Å²) in [6.07, 6.45) is 0. The Hall–Kier alpha value is -2.43. The van der Waals surface area contributed by atoms with E-state index in [-0.39, 0.29) is 11.3 Å². The number of carbonyl (C=O) groups is 1. The van der Waals surface area contributed by atoms with E-state index in [9.17, 15) is 13.6 Å². The molecule has 1 unspecified atom stereocenters. The third-order valence-corrected chi connectivity index (χ3v) is 3.50. The van der Waals surface area contributed by atoms with E-state index < -0.39 is 23.6 Å². The van der Waals surface area contributed by atoms with Crippen molar-refractivity contribution >= 4 is 11.6 Å². The summed E-state index contributed by atoms with van der Waals surface area (Å²) < 4.78 is 27.1. The van der Waals surface area contributed by atoms with Crippen LogP contribution in [0.15, 0.2) is 42.5 Å². The highest BCUT2D eigenvalue weighted by molar-refractivity contribution is 5.99. The molecular weight excluding hydrogens is 274 g/mol. The van der Waals surface area contributed by atoms with Crippen LogP contribution in [0.4, 0.5) is 14.5 Å². The quantitative estimate of drug-likeness (QED) is 0.881. The second-order valence-corrected chi connectivity index (χ2v) is 4.85. The summed E-state index contributed by atoms with van der Waals surface area (Å²) in [5, 5.41) is 0. The first-order chi connectivity index (χ1) is 9.91. The number of anilines is 1. The third-order valence-electron chi connectivity index (χ3n) is 3.50. The second-order valence-electron chi connectivity index (χ2n) is 4.85. The van der Waals surface area contributed by atoms with Crippen molar-refractivity contribution in [2.24, 2.45) is 0 Å². The Morgan fingerprint density at radius 1 is 1.19 bits per heavy atom. The summed E-state index contributed by atoms with van der Waals surface area (Å²) in [5.41, 5.74) is 6.36. The van der Waals surface area contributed by atoms with E-state index in [2.05, 4.69) is 0 Å². The molecule has 0 radical (unpaired) electrons.